The smallest absolute Gasteiger partial charge is 0.132 e. The van der Waals surface area contributed by atoms with E-state index >= 15 is 0 Å². The summed E-state index contributed by atoms with van der Waals surface area (Å²) in [5.74, 6) is 0. The van der Waals surface area contributed by atoms with Gasteiger partial charge in [-0.2, -0.15) is 0 Å². The second-order valence-corrected chi connectivity index (χ2v) is 8.75. The third-order valence-corrected chi connectivity index (χ3v) is 5.40. The molecule has 160 valence electrons. The molecule has 2 fully saturated rings. The van der Waals surface area contributed by atoms with E-state index in [1.54, 1.807) is 0 Å². The van der Waals surface area contributed by atoms with Crippen LogP contribution in [0.15, 0.2) is 24.3 Å². The van der Waals surface area contributed by atoms with Gasteiger partial charge in [0.05, 0.1) is 0 Å². The maximum Gasteiger partial charge on any atom is 0.132 e. The molecule has 0 amide bonds. The summed E-state index contributed by atoms with van der Waals surface area (Å²) in [4.78, 5) is 9.92. The molecule has 2 aromatic rings. The molecule has 2 aliphatic heterocycles. The molecule has 4 heterocycles. The Morgan fingerprint density at radius 2 is 1.07 bits per heavy atom. The summed E-state index contributed by atoms with van der Waals surface area (Å²) < 4.78 is 0. The Hall–Kier alpha value is -0.490. The minimum absolute atomic E-state index is 0.313. The molecule has 0 atom stereocenters. The highest BCUT2D eigenvalue weighted by atomic mass is 35.5. The molecule has 0 bridgehead atoms. The number of hydrogen-bond donors (Lipinski definition) is 1. The first kappa shape index (κ1) is 24.8. The van der Waals surface area contributed by atoms with Crippen molar-refractivity contribution in [2.75, 3.05) is 31.1 Å². The van der Waals surface area contributed by atoms with Crippen molar-refractivity contribution in [3.05, 3.63) is 49.9 Å². The minimum atomic E-state index is 0.313. The van der Waals surface area contributed by atoms with Crippen LogP contribution in [-0.2, 0) is 0 Å². The van der Waals surface area contributed by atoms with E-state index in [0.29, 0.717) is 25.6 Å². The third-order valence-electron chi connectivity index (χ3n) is 4.40. The second kappa shape index (κ2) is 13.7. The summed E-state index contributed by atoms with van der Waals surface area (Å²) in [6.07, 6.45) is 8.03. The molecular weight excluding hydrogens is 474 g/mol. The van der Waals surface area contributed by atoms with Crippen molar-refractivity contribution >= 4 is 63.7 Å². The van der Waals surface area contributed by atoms with Crippen LogP contribution in [0.4, 0.5) is 5.69 Å². The van der Waals surface area contributed by atoms with E-state index in [2.05, 4.69) is 20.2 Å². The first-order valence-corrected chi connectivity index (χ1v) is 11.6. The molecule has 9 heteroatoms. The van der Waals surface area contributed by atoms with Gasteiger partial charge in [-0.15, -0.1) is 0 Å². The van der Waals surface area contributed by atoms with Crippen molar-refractivity contribution in [2.24, 2.45) is 0 Å². The molecule has 29 heavy (non-hydrogen) atoms. The van der Waals surface area contributed by atoms with Crippen LogP contribution in [0.2, 0.25) is 25.6 Å². The lowest BCUT2D eigenvalue weighted by atomic mass is 10.1. The molecule has 1 N–H and O–H groups in total. The number of piperidine rings is 2. The molecule has 0 spiro atoms. The summed E-state index contributed by atoms with van der Waals surface area (Å²) in [6, 6.07) is 6.79. The van der Waals surface area contributed by atoms with E-state index in [1.165, 1.54) is 63.7 Å². The Kier molecular flexibility index (Phi) is 11.7. The normalized spacial score (nSPS) is 16.2. The zero-order valence-corrected chi connectivity index (χ0v) is 19.9. The lowest BCUT2D eigenvalue weighted by Gasteiger charge is -2.28. The SMILES string of the molecule is C1CCNCC1.Clc1cc(Cl)nc(Cl)c1.Clc1cc(N2CCCCC2)cc(Cl)n1. The van der Waals surface area contributed by atoms with Crippen LogP contribution in [0, 0.1) is 0 Å². The standard InChI is InChI=1S/C10H12Cl2N2.C5H2Cl3N.C5H11N/c11-9-6-8(7-10(12)13-9)14-4-2-1-3-5-14;6-3-1-4(7)9-5(8)2-3;1-2-4-6-5-3-1/h6-7H,1-5H2;1-2H;6H,1-5H2. The van der Waals surface area contributed by atoms with Crippen molar-refractivity contribution in [2.45, 2.75) is 38.5 Å². The summed E-state index contributed by atoms with van der Waals surface area (Å²) in [5.41, 5.74) is 1.09. The van der Waals surface area contributed by atoms with Crippen molar-refractivity contribution in [1.82, 2.24) is 15.3 Å². The van der Waals surface area contributed by atoms with Crippen LogP contribution in [0.5, 0.6) is 0 Å². The second-order valence-electron chi connectivity index (χ2n) is 6.76. The van der Waals surface area contributed by atoms with Crippen LogP contribution < -0.4 is 10.2 Å². The highest BCUT2D eigenvalue weighted by Crippen LogP contribution is 2.25. The molecule has 0 unspecified atom stereocenters. The maximum absolute atomic E-state index is 5.85. The van der Waals surface area contributed by atoms with Gasteiger partial charge >= 0.3 is 0 Å². The molecular formula is C20H25Cl5N4. The van der Waals surface area contributed by atoms with Crippen LogP contribution >= 0.6 is 58.0 Å². The summed E-state index contributed by atoms with van der Waals surface area (Å²) >= 11 is 28.2. The van der Waals surface area contributed by atoms with Gasteiger partial charge in [-0.25, -0.2) is 9.97 Å². The summed E-state index contributed by atoms with van der Waals surface area (Å²) in [6.45, 7) is 4.69. The number of nitrogens with one attached hydrogen (secondary N) is 1. The molecule has 2 aromatic heterocycles. The average Bonchev–Trinajstić information content (AvgIpc) is 2.69. The van der Waals surface area contributed by atoms with Crippen LogP contribution in [-0.4, -0.2) is 36.1 Å². The number of nitrogens with zero attached hydrogens (tertiary/aromatic N) is 3. The molecule has 0 aliphatic carbocycles. The van der Waals surface area contributed by atoms with E-state index in [-0.39, 0.29) is 0 Å². The largest absolute Gasteiger partial charge is 0.371 e. The fourth-order valence-corrected chi connectivity index (χ4v) is 4.25. The van der Waals surface area contributed by atoms with E-state index in [9.17, 15) is 0 Å². The fraction of sp³-hybridized carbons (Fsp3) is 0.500. The average molecular weight is 499 g/mol. The van der Waals surface area contributed by atoms with Crippen LogP contribution in [0.3, 0.4) is 0 Å². The van der Waals surface area contributed by atoms with Crippen molar-refractivity contribution in [3.63, 3.8) is 0 Å². The van der Waals surface area contributed by atoms with E-state index < -0.39 is 0 Å². The van der Waals surface area contributed by atoms with Crippen LogP contribution in [0.1, 0.15) is 38.5 Å². The quantitative estimate of drug-likeness (QED) is 0.423. The number of anilines is 1. The van der Waals surface area contributed by atoms with E-state index in [4.69, 9.17) is 58.0 Å². The van der Waals surface area contributed by atoms with Gasteiger partial charge in [-0.05, 0) is 69.5 Å². The number of pyridine rings is 2. The van der Waals surface area contributed by atoms with Gasteiger partial charge in [0.1, 0.15) is 20.6 Å². The summed E-state index contributed by atoms with van der Waals surface area (Å²) in [7, 11) is 0. The fourth-order valence-electron chi connectivity index (χ4n) is 3.02. The van der Waals surface area contributed by atoms with Crippen molar-refractivity contribution < 1.29 is 0 Å². The van der Waals surface area contributed by atoms with Gasteiger partial charge in [-0.3, -0.25) is 0 Å². The highest BCUT2D eigenvalue weighted by molar-refractivity contribution is 6.36. The number of hydrogen-bond acceptors (Lipinski definition) is 4. The Bertz CT molecular complexity index is 667. The Balaban J connectivity index is 0.000000171. The van der Waals surface area contributed by atoms with Gasteiger partial charge in [0.25, 0.3) is 0 Å². The molecule has 0 aromatic carbocycles. The van der Waals surface area contributed by atoms with Crippen molar-refractivity contribution in [1.29, 1.82) is 0 Å². The van der Waals surface area contributed by atoms with Gasteiger partial charge in [0.2, 0.25) is 0 Å². The first-order valence-electron chi connectivity index (χ1n) is 9.71. The Morgan fingerprint density at radius 1 is 0.621 bits per heavy atom. The van der Waals surface area contributed by atoms with Gasteiger partial charge in [0, 0.05) is 23.8 Å². The van der Waals surface area contributed by atoms with Gasteiger partial charge in [-0.1, -0.05) is 64.4 Å². The summed E-state index contributed by atoms with van der Waals surface area (Å²) in [5, 5.41) is 5.35. The topological polar surface area (TPSA) is 41.1 Å². The molecule has 2 aliphatic rings. The van der Waals surface area contributed by atoms with E-state index in [0.717, 1.165) is 18.8 Å². The lowest BCUT2D eigenvalue weighted by Crippen LogP contribution is -2.29. The number of halogens is 5. The maximum atomic E-state index is 5.85. The predicted octanol–water partition coefficient (Wildman–Crippen LogP) is 7.18. The monoisotopic (exact) mass is 496 g/mol. The van der Waals surface area contributed by atoms with Gasteiger partial charge < -0.3 is 10.2 Å². The first-order chi connectivity index (χ1) is 13.9. The number of aromatic nitrogens is 2. The zero-order valence-electron chi connectivity index (χ0n) is 16.1. The predicted molar refractivity (Wildman–Crippen MR) is 126 cm³/mol. The molecule has 0 radical (unpaired) electrons. The molecule has 4 nitrogen and oxygen atoms in total. The molecule has 0 saturated carbocycles. The molecule has 4 rings (SSSR count). The van der Waals surface area contributed by atoms with Crippen LogP contribution in [0.25, 0.3) is 0 Å². The van der Waals surface area contributed by atoms with E-state index in [1.807, 2.05) is 12.1 Å². The lowest BCUT2D eigenvalue weighted by molar-refractivity contribution is 0.520. The number of rotatable bonds is 1. The van der Waals surface area contributed by atoms with Gasteiger partial charge in [0.15, 0.2) is 0 Å². The Morgan fingerprint density at radius 3 is 1.45 bits per heavy atom. The van der Waals surface area contributed by atoms with Crippen molar-refractivity contribution in [3.8, 4) is 0 Å². The minimum Gasteiger partial charge on any atom is -0.371 e. The zero-order chi connectivity index (χ0) is 21.1. The Labute approximate surface area is 197 Å². The third kappa shape index (κ3) is 10.4. The highest BCUT2D eigenvalue weighted by Gasteiger charge is 2.12. The molecule has 2 saturated heterocycles.